The Morgan fingerprint density at radius 3 is 2.37 bits per heavy atom. The van der Waals surface area contributed by atoms with Gasteiger partial charge in [-0.15, -0.1) is 0 Å². The molecule has 1 fully saturated rings. The summed E-state index contributed by atoms with van der Waals surface area (Å²) in [5, 5.41) is 11.0. The van der Waals surface area contributed by atoms with E-state index in [9.17, 15) is 14.9 Å². The summed E-state index contributed by atoms with van der Waals surface area (Å²) in [6, 6.07) is 16.9. The smallest absolute Gasteiger partial charge is 0.248 e. The molecule has 1 saturated heterocycles. The van der Waals surface area contributed by atoms with Crippen molar-refractivity contribution in [3.8, 4) is 6.07 Å². The second kappa shape index (κ2) is 11.9. The number of amides is 1. The van der Waals surface area contributed by atoms with E-state index < -0.39 is 34.9 Å². The zero-order valence-corrected chi connectivity index (χ0v) is 24.6. The Morgan fingerprint density at radius 1 is 1.10 bits per heavy atom. The van der Waals surface area contributed by atoms with E-state index in [2.05, 4.69) is 6.07 Å². The van der Waals surface area contributed by atoms with Crippen LogP contribution in [-0.2, 0) is 16.6 Å². The van der Waals surface area contributed by atoms with Gasteiger partial charge in [0.2, 0.25) is 5.91 Å². The minimum Gasteiger partial charge on any atom is -0.366 e. The van der Waals surface area contributed by atoms with Crippen molar-refractivity contribution in [3.05, 3.63) is 105 Å². The van der Waals surface area contributed by atoms with Crippen molar-refractivity contribution in [3.63, 3.8) is 0 Å². The van der Waals surface area contributed by atoms with E-state index in [0.717, 1.165) is 6.07 Å². The fraction of sp³-hybridized carbons (Fsp3) is 0.344. The molecule has 4 rings (SSSR count). The van der Waals surface area contributed by atoms with Crippen LogP contribution in [0.3, 0.4) is 0 Å². The van der Waals surface area contributed by atoms with Crippen molar-refractivity contribution in [2.75, 3.05) is 13.1 Å². The van der Waals surface area contributed by atoms with Crippen molar-refractivity contribution in [2.45, 2.75) is 51.0 Å². The average molecular weight is 599 g/mol. The van der Waals surface area contributed by atoms with Gasteiger partial charge in [-0.1, -0.05) is 74.3 Å². The number of rotatable bonds is 8. The summed E-state index contributed by atoms with van der Waals surface area (Å²) < 4.78 is 31.3. The number of hydrogen-bond acceptors (Lipinski definition) is 4. The average Bonchev–Trinajstić information content (AvgIpc) is 3.17. The van der Waals surface area contributed by atoms with Gasteiger partial charge >= 0.3 is 0 Å². The lowest BCUT2D eigenvalue weighted by Gasteiger charge is -2.39. The topological polar surface area (TPSA) is 87.2 Å². The molecule has 3 aromatic carbocycles. The second-order valence-corrected chi connectivity index (χ2v) is 12.6. The highest BCUT2D eigenvalue weighted by Gasteiger charge is 2.58. The summed E-state index contributed by atoms with van der Waals surface area (Å²) in [6.07, 6.45) is 0.491. The van der Waals surface area contributed by atoms with E-state index in [1.807, 2.05) is 25.7 Å². The number of Topliss-reactive ketones (excluding diaryl/α,β-unsaturated/α-hetero) is 1. The van der Waals surface area contributed by atoms with Crippen molar-refractivity contribution in [1.82, 2.24) is 4.90 Å². The van der Waals surface area contributed by atoms with Crippen molar-refractivity contribution < 1.29 is 18.4 Å². The molecule has 0 aromatic heterocycles. The van der Waals surface area contributed by atoms with Crippen molar-refractivity contribution in [2.24, 2.45) is 11.1 Å². The summed E-state index contributed by atoms with van der Waals surface area (Å²) in [6.45, 7) is 6.08. The Kier molecular flexibility index (Phi) is 8.89. The Bertz CT molecular complexity index is 1510. The van der Waals surface area contributed by atoms with Gasteiger partial charge in [-0.2, -0.15) is 5.26 Å². The molecular weight excluding hydrogens is 567 g/mol. The quantitative estimate of drug-likeness (QED) is 0.307. The number of carbonyl (C=O) groups is 2. The maximum absolute atomic E-state index is 15.7. The van der Waals surface area contributed by atoms with Crippen LogP contribution in [0, 0.1) is 28.4 Å². The van der Waals surface area contributed by atoms with Crippen LogP contribution in [0.4, 0.5) is 8.78 Å². The third kappa shape index (κ3) is 6.30. The maximum Gasteiger partial charge on any atom is 0.248 e. The van der Waals surface area contributed by atoms with Crippen LogP contribution in [0.2, 0.25) is 10.0 Å². The highest BCUT2D eigenvalue weighted by molar-refractivity contribution is 6.31. The molecule has 0 spiro atoms. The number of hydrogen-bond donors (Lipinski definition) is 1. The summed E-state index contributed by atoms with van der Waals surface area (Å²) in [5.41, 5.74) is 4.74. The van der Waals surface area contributed by atoms with Gasteiger partial charge in [0.1, 0.15) is 17.0 Å². The highest BCUT2D eigenvalue weighted by atomic mass is 35.5. The van der Waals surface area contributed by atoms with E-state index in [-0.39, 0.29) is 51.9 Å². The normalized spacial score (nSPS) is 21.0. The molecule has 0 bridgehead atoms. The zero-order valence-electron chi connectivity index (χ0n) is 23.1. The van der Waals surface area contributed by atoms with Gasteiger partial charge in [-0.25, -0.2) is 8.78 Å². The third-order valence-corrected chi connectivity index (χ3v) is 8.20. The lowest BCUT2D eigenvalue weighted by Crippen LogP contribution is -2.47. The van der Waals surface area contributed by atoms with Crippen LogP contribution in [0.5, 0.6) is 0 Å². The largest absolute Gasteiger partial charge is 0.366 e. The number of nitriles is 1. The van der Waals surface area contributed by atoms with Gasteiger partial charge < -0.3 is 5.73 Å². The molecule has 41 heavy (non-hydrogen) atoms. The standard InChI is InChI=1S/C32H31Cl2F2N3O2/c1-31(2,3)15-28-32(18-37,24-12-11-21(33)14-27(24)35)25(23-5-4-6-26(34)29(23)36)17-39(28)16-22(40)13-19-7-9-20(10-8-19)30(38)41/h4-12,14,25,28H,13,15-17H2,1-3H3,(H2,38,41)/t25-,28+,32-/m1/s1. The Balaban J connectivity index is 1.82. The van der Waals surface area contributed by atoms with Crippen LogP contribution in [-0.4, -0.2) is 35.7 Å². The molecule has 1 heterocycles. The number of halogens is 4. The Morgan fingerprint density at radius 2 is 1.78 bits per heavy atom. The maximum atomic E-state index is 15.7. The van der Waals surface area contributed by atoms with Gasteiger partial charge in [0.25, 0.3) is 0 Å². The van der Waals surface area contributed by atoms with Gasteiger partial charge in [-0.3, -0.25) is 14.5 Å². The van der Waals surface area contributed by atoms with Gasteiger partial charge in [0.15, 0.2) is 5.78 Å². The summed E-state index contributed by atoms with van der Waals surface area (Å²) in [4.78, 5) is 26.7. The fourth-order valence-corrected chi connectivity index (χ4v) is 6.25. The van der Waals surface area contributed by atoms with Crippen LogP contribution in [0.1, 0.15) is 60.2 Å². The molecule has 1 aliphatic heterocycles. The molecule has 2 N–H and O–H groups in total. The lowest BCUT2D eigenvalue weighted by atomic mass is 9.64. The third-order valence-electron chi connectivity index (χ3n) is 7.68. The predicted molar refractivity (Wildman–Crippen MR) is 156 cm³/mol. The van der Waals surface area contributed by atoms with Crippen LogP contribution in [0.15, 0.2) is 60.7 Å². The molecule has 0 aliphatic carbocycles. The Hall–Kier alpha value is -3.31. The number of carbonyl (C=O) groups excluding carboxylic acids is 2. The van der Waals surface area contributed by atoms with E-state index in [1.54, 1.807) is 36.4 Å². The molecule has 9 heteroatoms. The molecule has 0 saturated carbocycles. The summed E-state index contributed by atoms with van der Waals surface area (Å²) >= 11 is 12.2. The first-order chi connectivity index (χ1) is 19.3. The van der Waals surface area contributed by atoms with E-state index >= 15 is 8.78 Å². The number of likely N-dealkylation sites (tertiary alicyclic amines) is 1. The first kappa shape index (κ1) is 30.6. The van der Waals surface area contributed by atoms with Gasteiger partial charge in [0, 0.05) is 41.1 Å². The molecule has 214 valence electrons. The van der Waals surface area contributed by atoms with E-state index in [4.69, 9.17) is 28.9 Å². The number of primary amides is 1. The lowest BCUT2D eigenvalue weighted by molar-refractivity contribution is -0.120. The van der Waals surface area contributed by atoms with Crippen LogP contribution >= 0.6 is 23.2 Å². The molecule has 0 radical (unpaired) electrons. The number of ketones is 1. The molecule has 1 aliphatic rings. The fourth-order valence-electron chi connectivity index (χ4n) is 5.91. The Labute approximate surface area is 248 Å². The van der Waals surface area contributed by atoms with Gasteiger partial charge in [-0.05, 0) is 53.3 Å². The number of nitrogens with zero attached hydrogens (tertiary/aromatic N) is 2. The van der Waals surface area contributed by atoms with Gasteiger partial charge in [0.05, 0.1) is 17.6 Å². The molecule has 0 unspecified atom stereocenters. The van der Waals surface area contributed by atoms with E-state index in [1.165, 1.54) is 18.2 Å². The first-order valence-electron chi connectivity index (χ1n) is 13.2. The summed E-state index contributed by atoms with van der Waals surface area (Å²) in [7, 11) is 0. The van der Waals surface area contributed by atoms with Crippen molar-refractivity contribution in [1.29, 1.82) is 5.26 Å². The minimum absolute atomic E-state index is 0.0460. The summed E-state index contributed by atoms with van der Waals surface area (Å²) in [5.74, 6) is -2.90. The molecule has 5 nitrogen and oxygen atoms in total. The molecule has 3 aromatic rings. The molecule has 3 atom stereocenters. The monoisotopic (exact) mass is 597 g/mol. The highest BCUT2D eigenvalue weighted by Crippen LogP contribution is 2.53. The number of nitrogens with two attached hydrogens (primary N) is 1. The van der Waals surface area contributed by atoms with Crippen LogP contribution < -0.4 is 5.73 Å². The minimum atomic E-state index is -1.56. The molecule has 1 amide bonds. The second-order valence-electron chi connectivity index (χ2n) is 11.8. The predicted octanol–water partition coefficient (Wildman–Crippen LogP) is 6.85. The molecular formula is C32H31Cl2F2N3O2. The van der Waals surface area contributed by atoms with E-state index in [0.29, 0.717) is 17.5 Å². The SMILES string of the molecule is CC(C)(C)C[C@@H]1N(CC(=O)Cc2ccc(C(N)=O)cc2)C[C@H](c2cccc(Cl)c2F)[C@@]1(C#N)c1ccc(Cl)cc1F. The van der Waals surface area contributed by atoms with Crippen molar-refractivity contribution >= 4 is 34.9 Å². The number of benzene rings is 3. The first-order valence-corrected chi connectivity index (χ1v) is 14.0. The zero-order chi connectivity index (χ0) is 30.1. The van der Waals surface area contributed by atoms with Crippen LogP contribution in [0.25, 0.3) is 0 Å².